The first kappa shape index (κ1) is 9.37. The summed E-state index contributed by atoms with van der Waals surface area (Å²) < 4.78 is 33.8. The van der Waals surface area contributed by atoms with Crippen LogP contribution in [0.15, 0.2) is 0 Å². The Morgan fingerprint density at radius 1 is 1.38 bits per heavy atom. The highest BCUT2D eigenvalue weighted by Crippen LogP contribution is 2.71. The Hall–Kier alpha value is -0.670. The van der Waals surface area contributed by atoms with Gasteiger partial charge in [0.25, 0.3) is 5.92 Å². The second-order valence-electron chi connectivity index (χ2n) is 6.05. The second-order valence-corrected chi connectivity index (χ2v) is 6.05. The highest BCUT2D eigenvalue weighted by Gasteiger charge is 2.81. The van der Waals surface area contributed by atoms with Crippen LogP contribution < -0.4 is 0 Å². The summed E-state index contributed by atoms with van der Waals surface area (Å²) in [6.07, 6.45) is 2.32. The molecule has 4 bridgehead atoms. The topological polar surface area (TPSA) is 26.3 Å². The zero-order valence-electron chi connectivity index (χ0n) is 9.08. The molecule has 0 N–H and O–H groups in total. The quantitative estimate of drug-likeness (QED) is 0.594. The lowest BCUT2D eigenvalue weighted by Crippen LogP contribution is -2.47. The largest absolute Gasteiger partial charge is 0.452 e. The van der Waals surface area contributed by atoms with Gasteiger partial charge in [-0.1, -0.05) is 0 Å². The minimum absolute atomic E-state index is 0.0152. The van der Waals surface area contributed by atoms with E-state index in [1.165, 1.54) is 6.92 Å². The van der Waals surface area contributed by atoms with E-state index < -0.39 is 17.4 Å². The van der Waals surface area contributed by atoms with Crippen LogP contribution in [-0.2, 0) is 9.53 Å². The van der Waals surface area contributed by atoms with Gasteiger partial charge in [0.05, 0.1) is 5.92 Å². The highest BCUT2D eigenvalue weighted by molar-refractivity contribution is 5.78. The highest BCUT2D eigenvalue weighted by atomic mass is 19.3. The van der Waals surface area contributed by atoms with Gasteiger partial charge in [-0.05, 0) is 38.0 Å². The Balaban J connectivity index is 1.95. The maximum absolute atomic E-state index is 14.3. The Kier molecular flexibility index (Phi) is 1.34. The molecule has 1 saturated heterocycles. The zero-order chi connectivity index (χ0) is 11.3. The Labute approximate surface area is 92.3 Å². The van der Waals surface area contributed by atoms with Gasteiger partial charge in [-0.2, -0.15) is 0 Å². The monoisotopic (exact) mass is 228 g/mol. The van der Waals surface area contributed by atoms with Gasteiger partial charge in [0.2, 0.25) is 0 Å². The van der Waals surface area contributed by atoms with Crippen molar-refractivity contribution in [1.82, 2.24) is 0 Å². The molecule has 5 unspecified atom stereocenters. The minimum Gasteiger partial charge on any atom is -0.452 e. The van der Waals surface area contributed by atoms with Crippen LogP contribution in [0.1, 0.15) is 26.2 Å². The van der Waals surface area contributed by atoms with Gasteiger partial charge in [0, 0.05) is 11.8 Å². The number of rotatable bonds is 0. The molecule has 88 valence electrons. The molecule has 5 fully saturated rings. The SMILES string of the molecule is C[C@@]12OC(=O)C3C4CCC(C(C4)C1(F)F)C32. The average molecular weight is 228 g/mol. The number of hydrogen-bond acceptors (Lipinski definition) is 2. The zero-order valence-corrected chi connectivity index (χ0v) is 9.08. The molecule has 0 aromatic heterocycles. The van der Waals surface area contributed by atoms with Crippen molar-refractivity contribution >= 4 is 5.97 Å². The minimum atomic E-state index is -2.82. The molecule has 0 radical (unpaired) electrons. The number of alkyl halides is 2. The summed E-state index contributed by atoms with van der Waals surface area (Å²) in [4.78, 5) is 11.8. The van der Waals surface area contributed by atoms with Crippen molar-refractivity contribution < 1.29 is 18.3 Å². The summed E-state index contributed by atoms with van der Waals surface area (Å²) in [7, 11) is 0. The lowest BCUT2D eigenvalue weighted by Gasteiger charge is -2.44. The first-order valence-electron chi connectivity index (χ1n) is 6.07. The molecular formula is C12H14F2O2. The van der Waals surface area contributed by atoms with Crippen LogP contribution in [0.25, 0.3) is 0 Å². The molecule has 6 atom stereocenters. The predicted molar refractivity (Wildman–Crippen MR) is 50.7 cm³/mol. The van der Waals surface area contributed by atoms with Crippen molar-refractivity contribution in [2.75, 3.05) is 0 Å². The summed E-state index contributed by atoms with van der Waals surface area (Å²) in [6, 6.07) is 0. The van der Waals surface area contributed by atoms with E-state index >= 15 is 0 Å². The van der Waals surface area contributed by atoms with Crippen LogP contribution >= 0.6 is 0 Å². The van der Waals surface area contributed by atoms with Gasteiger partial charge < -0.3 is 4.74 Å². The maximum Gasteiger partial charge on any atom is 0.310 e. The second kappa shape index (κ2) is 2.29. The van der Waals surface area contributed by atoms with Crippen LogP contribution in [0.3, 0.4) is 0 Å². The molecular weight excluding hydrogens is 214 g/mol. The Morgan fingerprint density at radius 2 is 2.12 bits per heavy atom. The maximum atomic E-state index is 14.3. The lowest BCUT2D eigenvalue weighted by atomic mass is 9.58. The van der Waals surface area contributed by atoms with E-state index in [2.05, 4.69) is 0 Å². The van der Waals surface area contributed by atoms with E-state index in [1.54, 1.807) is 0 Å². The van der Waals surface area contributed by atoms with Crippen molar-refractivity contribution in [1.29, 1.82) is 0 Å². The van der Waals surface area contributed by atoms with Crippen molar-refractivity contribution in [3.05, 3.63) is 0 Å². The molecule has 16 heavy (non-hydrogen) atoms. The van der Waals surface area contributed by atoms with Gasteiger partial charge in [0.15, 0.2) is 5.60 Å². The summed E-state index contributed by atoms with van der Waals surface area (Å²) >= 11 is 0. The van der Waals surface area contributed by atoms with Crippen LogP contribution in [0, 0.1) is 29.6 Å². The number of carbonyl (C=O) groups excluding carboxylic acids is 1. The molecule has 4 heteroatoms. The standard InChI is InChI=1S/C12H14F2O2/c1-11-9-6-3-2-5(8(9)10(15)16-11)4-7(6)12(11,13)14/h5-9H,2-4H2,1H3/t5?,6?,7?,8?,9?,11-/m0/s1. The molecule has 4 aliphatic carbocycles. The van der Waals surface area contributed by atoms with Gasteiger partial charge in [-0.25, -0.2) is 8.78 Å². The number of hydrogen-bond donors (Lipinski definition) is 0. The van der Waals surface area contributed by atoms with E-state index in [1.807, 2.05) is 0 Å². The number of halogens is 2. The van der Waals surface area contributed by atoms with Crippen molar-refractivity contribution in [2.24, 2.45) is 29.6 Å². The van der Waals surface area contributed by atoms with Crippen molar-refractivity contribution in [3.63, 3.8) is 0 Å². The lowest BCUT2D eigenvalue weighted by molar-refractivity contribution is -0.202. The third-order valence-electron chi connectivity index (χ3n) is 5.65. The number of carbonyl (C=O) groups is 1. The van der Waals surface area contributed by atoms with Gasteiger partial charge in [-0.3, -0.25) is 4.79 Å². The van der Waals surface area contributed by atoms with Crippen molar-refractivity contribution in [3.8, 4) is 0 Å². The fourth-order valence-electron chi connectivity index (χ4n) is 5.05. The molecule has 0 spiro atoms. The summed E-state index contributed by atoms with van der Waals surface area (Å²) in [5.41, 5.74) is -1.50. The van der Waals surface area contributed by atoms with Gasteiger partial charge in [0.1, 0.15) is 0 Å². The normalized spacial score (nSPS) is 60.2. The molecule has 2 nitrogen and oxygen atoms in total. The average Bonchev–Trinajstić information content (AvgIpc) is 2.60. The van der Waals surface area contributed by atoms with Gasteiger partial charge in [-0.15, -0.1) is 0 Å². The molecule has 1 aliphatic heterocycles. The van der Waals surface area contributed by atoms with E-state index in [-0.39, 0.29) is 29.6 Å². The van der Waals surface area contributed by atoms with Crippen molar-refractivity contribution in [2.45, 2.75) is 37.7 Å². The summed E-state index contributed by atoms with van der Waals surface area (Å²) in [5.74, 6) is -3.99. The molecule has 0 aromatic rings. The molecule has 5 rings (SSSR count). The Bertz CT molecular complexity index is 394. The van der Waals surface area contributed by atoms with E-state index in [9.17, 15) is 13.6 Å². The molecule has 4 saturated carbocycles. The van der Waals surface area contributed by atoms with Gasteiger partial charge >= 0.3 is 5.97 Å². The van der Waals surface area contributed by atoms with Crippen LogP contribution in [0.2, 0.25) is 0 Å². The first-order chi connectivity index (χ1) is 7.47. The molecule has 1 heterocycles. The third-order valence-corrected chi connectivity index (χ3v) is 5.65. The number of esters is 1. The smallest absolute Gasteiger partial charge is 0.310 e. The molecule has 0 amide bonds. The summed E-state index contributed by atoms with van der Waals surface area (Å²) in [5, 5.41) is 0. The molecule has 5 aliphatic rings. The number of fused-ring (bicyclic) bond motifs is 1. The number of ether oxygens (including phenoxy) is 1. The fourth-order valence-corrected chi connectivity index (χ4v) is 5.05. The fraction of sp³-hybridized carbons (Fsp3) is 0.917. The Morgan fingerprint density at radius 3 is 2.88 bits per heavy atom. The predicted octanol–water partition coefficient (Wildman–Crippen LogP) is 2.23. The first-order valence-corrected chi connectivity index (χ1v) is 6.07. The van der Waals surface area contributed by atoms with Crippen LogP contribution in [-0.4, -0.2) is 17.5 Å². The van der Waals surface area contributed by atoms with E-state index in [0.717, 1.165) is 12.8 Å². The van der Waals surface area contributed by atoms with E-state index in [4.69, 9.17) is 4.74 Å². The summed E-state index contributed by atoms with van der Waals surface area (Å²) in [6.45, 7) is 1.45. The van der Waals surface area contributed by atoms with Crippen LogP contribution in [0.5, 0.6) is 0 Å². The third kappa shape index (κ3) is 0.687. The van der Waals surface area contributed by atoms with E-state index in [0.29, 0.717) is 6.42 Å². The van der Waals surface area contributed by atoms with Crippen LogP contribution in [0.4, 0.5) is 8.78 Å². The molecule has 0 aromatic carbocycles.